The van der Waals surface area contributed by atoms with Gasteiger partial charge in [-0.25, -0.2) is 14.8 Å². The highest BCUT2D eigenvalue weighted by Gasteiger charge is 2.22. The molecule has 0 unspecified atom stereocenters. The van der Waals surface area contributed by atoms with Gasteiger partial charge in [0.25, 0.3) is 0 Å². The number of nitrogens with zero attached hydrogens (tertiary/aromatic N) is 2. The minimum absolute atomic E-state index is 0.199. The molecule has 2 rings (SSSR count). The Morgan fingerprint density at radius 2 is 1.94 bits per heavy atom. The maximum Gasteiger partial charge on any atom is 0.354 e. The zero-order valence-electron chi connectivity index (χ0n) is 10.1. The number of hydrogen-bond acceptors (Lipinski definition) is 3. The summed E-state index contributed by atoms with van der Waals surface area (Å²) >= 11 is 0. The highest BCUT2D eigenvalue weighted by Crippen LogP contribution is 2.32. The van der Waals surface area contributed by atoms with Crippen molar-refractivity contribution in [3.05, 3.63) is 23.3 Å². The van der Waals surface area contributed by atoms with Gasteiger partial charge < -0.3 is 5.11 Å². The first kappa shape index (κ1) is 12.0. The topological polar surface area (TPSA) is 63.1 Å². The molecule has 0 aliphatic heterocycles. The van der Waals surface area contributed by atoms with Gasteiger partial charge in [0.15, 0.2) is 5.69 Å². The molecule has 0 amide bonds. The molecule has 0 spiro atoms. The van der Waals surface area contributed by atoms with Crippen LogP contribution in [0, 0.1) is 6.92 Å². The molecule has 92 valence electrons. The van der Waals surface area contributed by atoms with Gasteiger partial charge in [0, 0.05) is 11.8 Å². The van der Waals surface area contributed by atoms with E-state index >= 15 is 0 Å². The van der Waals surface area contributed by atoms with Crippen molar-refractivity contribution in [3.63, 3.8) is 0 Å². The number of carbonyl (C=O) groups is 1. The summed E-state index contributed by atoms with van der Waals surface area (Å²) in [4.78, 5) is 19.4. The van der Waals surface area contributed by atoms with Crippen LogP contribution in [0.3, 0.4) is 0 Å². The second kappa shape index (κ2) is 5.25. The molecule has 1 saturated carbocycles. The van der Waals surface area contributed by atoms with Crippen molar-refractivity contribution in [1.29, 1.82) is 0 Å². The quantitative estimate of drug-likeness (QED) is 0.799. The molecule has 0 bridgehead atoms. The molecule has 0 radical (unpaired) electrons. The lowest BCUT2D eigenvalue weighted by Crippen LogP contribution is -2.11. The Balaban J connectivity index is 2.32. The smallest absolute Gasteiger partial charge is 0.354 e. The summed E-state index contributed by atoms with van der Waals surface area (Å²) < 4.78 is 0. The highest BCUT2D eigenvalue weighted by atomic mass is 16.4. The van der Waals surface area contributed by atoms with Crippen molar-refractivity contribution in [2.75, 3.05) is 0 Å². The third-order valence-electron chi connectivity index (χ3n) is 3.44. The fraction of sp³-hybridized carbons (Fsp3) is 0.615. The van der Waals surface area contributed by atoms with Crippen LogP contribution in [0.2, 0.25) is 0 Å². The summed E-state index contributed by atoms with van der Waals surface area (Å²) in [6, 6.07) is 0. The van der Waals surface area contributed by atoms with E-state index in [1.54, 1.807) is 13.1 Å². The minimum Gasteiger partial charge on any atom is -0.477 e. The lowest BCUT2D eigenvalue weighted by molar-refractivity contribution is 0.0687. The highest BCUT2D eigenvalue weighted by molar-refractivity contribution is 5.87. The number of aromatic carboxylic acids is 1. The minimum atomic E-state index is -0.935. The number of aromatic nitrogens is 2. The third-order valence-corrected chi connectivity index (χ3v) is 3.44. The molecule has 4 heteroatoms. The van der Waals surface area contributed by atoms with Gasteiger partial charge in [0.2, 0.25) is 0 Å². The molecule has 1 aromatic heterocycles. The Kier molecular flexibility index (Phi) is 3.71. The summed E-state index contributed by atoms with van der Waals surface area (Å²) in [5.41, 5.74) is 1.02. The van der Waals surface area contributed by atoms with Gasteiger partial charge in [-0.15, -0.1) is 0 Å². The van der Waals surface area contributed by atoms with E-state index < -0.39 is 5.97 Å². The Morgan fingerprint density at radius 3 is 2.53 bits per heavy atom. The van der Waals surface area contributed by atoms with Crippen molar-refractivity contribution in [3.8, 4) is 0 Å². The Morgan fingerprint density at radius 1 is 1.29 bits per heavy atom. The molecule has 1 aliphatic rings. The Bertz CT molecular complexity index is 410. The Hall–Kier alpha value is -1.45. The number of carboxylic acid groups (broad SMARTS) is 1. The van der Waals surface area contributed by atoms with Gasteiger partial charge in [-0.2, -0.15) is 0 Å². The summed E-state index contributed by atoms with van der Waals surface area (Å²) in [6.45, 7) is 1.73. The number of carboxylic acids is 1. The van der Waals surface area contributed by atoms with E-state index in [-0.39, 0.29) is 5.69 Å². The van der Waals surface area contributed by atoms with E-state index in [4.69, 9.17) is 0 Å². The van der Waals surface area contributed by atoms with E-state index in [0.717, 1.165) is 18.4 Å². The van der Waals surface area contributed by atoms with Crippen molar-refractivity contribution in [2.45, 2.75) is 51.4 Å². The summed E-state index contributed by atoms with van der Waals surface area (Å²) in [5.74, 6) is -0.0845. The summed E-state index contributed by atoms with van der Waals surface area (Å²) in [7, 11) is 0. The predicted molar refractivity (Wildman–Crippen MR) is 64.2 cm³/mol. The molecular formula is C13H18N2O2. The molecule has 0 saturated heterocycles. The molecule has 1 fully saturated rings. The number of aryl methyl sites for hydroxylation is 1. The standard InChI is InChI=1S/C13H18N2O2/c1-9-14-8-11(12(15-9)13(16)17)10-6-4-2-3-5-7-10/h8,10H,2-7H2,1H3,(H,16,17). The first-order valence-electron chi connectivity index (χ1n) is 6.25. The fourth-order valence-electron chi connectivity index (χ4n) is 2.54. The van der Waals surface area contributed by atoms with Crippen molar-refractivity contribution in [2.24, 2.45) is 0 Å². The zero-order chi connectivity index (χ0) is 12.3. The van der Waals surface area contributed by atoms with E-state index in [9.17, 15) is 9.90 Å². The lowest BCUT2D eigenvalue weighted by atomic mass is 9.91. The number of rotatable bonds is 2. The first-order chi connectivity index (χ1) is 8.18. The summed E-state index contributed by atoms with van der Waals surface area (Å²) in [6.07, 6.45) is 8.70. The van der Waals surface area contributed by atoms with Crippen LogP contribution in [0.25, 0.3) is 0 Å². The average Bonchev–Trinajstić information content (AvgIpc) is 2.57. The van der Waals surface area contributed by atoms with Gasteiger partial charge in [-0.1, -0.05) is 25.7 Å². The Labute approximate surface area is 101 Å². The number of hydrogen-bond donors (Lipinski definition) is 1. The normalized spacial score (nSPS) is 17.7. The molecular weight excluding hydrogens is 216 g/mol. The lowest BCUT2D eigenvalue weighted by Gasteiger charge is -2.15. The first-order valence-corrected chi connectivity index (χ1v) is 6.25. The van der Waals surface area contributed by atoms with Crippen molar-refractivity contribution >= 4 is 5.97 Å². The van der Waals surface area contributed by atoms with Crippen LogP contribution < -0.4 is 0 Å². The SMILES string of the molecule is Cc1ncc(C2CCCCCC2)c(C(=O)O)n1. The predicted octanol–water partition coefficient (Wildman–Crippen LogP) is 2.92. The second-order valence-corrected chi connectivity index (χ2v) is 4.71. The van der Waals surface area contributed by atoms with E-state index in [2.05, 4.69) is 9.97 Å². The van der Waals surface area contributed by atoms with Gasteiger partial charge in [-0.3, -0.25) is 0 Å². The molecule has 0 atom stereocenters. The molecule has 1 aromatic rings. The second-order valence-electron chi connectivity index (χ2n) is 4.71. The van der Waals surface area contributed by atoms with Gasteiger partial charge in [-0.05, 0) is 25.7 Å². The monoisotopic (exact) mass is 234 g/mol. The maximum absolute atomic E-state index is 11.2. The molecule has 1 heterocycles. The van der Waals surface area contributed by atoms with Crippen molar-refractivity contribution < 1.29 is 9.90 Å². The van der Waals surface area contributed by atoms with Crippen LogP contribution in [0.1, 0.15) is 66.3 Å². The van der Waals surface area contributed by atoms with Gasteiger partial charge in [0.1, 0.15) is 5.82 Å². The van der Waals surface area contributed by atoms with Crippen LogP contribution in [0.4, 0.5) is 0 Å². The maximum atomic E-state index is 11.2. The van der Waals surface area contributed by atoms with Crippen LogP contribution in [-0.4, -0.2) is 21.0 Å². The van der Waals surface area contributed by atoms with Gasteiger partial charge in [0.05, 0.1) is 0 Å². The third kappa shape index (κ3) is 2.81. The molecule has 17 heavy (non-hydrogen) atoms. The largest absolute Gasteiger partial charge is 0.477 e. The fourth-order valence-corrected chi connectivity index (χ4v) is 2.54. The van der Waals surface area contributed by atoms with Crippen LogP contribution in [0.5, 0.6) is 0 Å². The molecule has 4 nitrogen and oxygen atoms in total. The van der Waals surface area contributed by atoms with E-state index in [0.29, 0.717) is 11.7 Å². The van der Waals surface area contributed by atoms with Crippen LogP contribution in [-0.2, 0) is 0 Å². The summed E-state index contributed by atoms with van der Waals surface area (Å²) in [5, 5.41) is 9.20. The van der Waals surface area contributed by atoms with E-state index in [1.807, 2.05) is 0 Å². The molecule has 0 aromatic carbocycles. The van der Waals surface area contributed by atoms with Gasteiger partial charge >= 0.3 is 5.97 Å². The molecule has 1 N–H and O–H groups in total. The van der Waals surface area contributed by atoms with E-state index in [1.165, 1.54) is 25.7 Å². The van der Waals surface area contributed by atoms with Crippen LogP contribution in [0.15, 0.2) is 6.20 Å². The van der Waals surface area contributed by atoms with Crippen LogP contribution >= 0.6 is 0 Å². The zero-order valence-corrected chi connectivity index (χ0v) is 10.1. The molecule has 1 aliphatic carbocycles. The van der Waals surface area contributed by atoms with Crippen molar-refractivity contribution in [1.82, 2.24) is 9.97 Å². The average molecular weight is 234 g/mol.